The Labute approximate surface area is 325 Å². The van der Waals surface area contributed by atoms with Gasteiger partial charge in [-0.1, -0.05) is 51.3 Å². The van der Waals surface area contributed by atoms with Crippen LogP contribution in [0.2, 0.25) is 0 Å². The first-order valence-corrected chi connectivity index (χ1v) is 21.7. The largest absolute Gasteiger partial charge is 0.507 e. The maximum Gasteiger partial charge on any atom is 0.259 e. The maximum atomic E-state index is 15.0. The van der Waals surface area contributed by atoms with E-state index in [9.17, 15) is 23.1 Å². The molecule has 3 aromatic rings. The second-order valence-corrected chi connectivity index (χ2v) is 19.3. The lowest BCUT2D eigenvalue weighted by Gasteiger charge is -2.35. The zero-order valence-corrected chi connectivity index (χ0v) is 32.8. The molecule has 5 aliphatic rings. The number of aromatic nitrogens is 2. The molecule has 3 saturated carbocycles. The molecule has 6 bridgehead atoms. The molecule has 15 heteroatoms. The van der Waals surface area contributed by atoms with Gasteiger partial charge in [-0.25, -0.2) is 18.4 Å². The Kier molecular flexibility index (Phi) is 9.67. The van der Waals surface area contributed by atoms with Crippen LogP contribution < -0.4 is 20.1 Å². The van der Waals surface area contributed by atoms with Crippen LogP contribution in [0, 0.1) is 11.8 Å². The highest BCUT2D eigenvalue weighted by Crippen LogP contribution is 2.46. The summed E-state index contributed by atoms with van der Waals surface area (Å²) in [7, 11) is -3.88. The van der Waals surface area contributed by atoms with Crippen LogP contribution in [0.25, 0.3) is 16.8 Å². The van der Waals surface area contributed by atoms with E-state index in [0.717, 1.165) is 37.8 Å². The summed E-state index contributed by atoms with van der Waals surface area (Å²) < 4.78 is 34.3. The number of phenols is 1. The van der Waals surface area contributed by atoms with Crippen LogP contribution in [-0.4, -0.2) is 81.6 Å². The number of carbonyl (C=O) groups is 3. The van der Waals surface area contributed by atoms with E-state index in [4.69, 9.17) is 9.72 Å². The molecule has 3 aliphatic carbocycles. The van der Waals surface area contributed by atoms with Crippen molar-refractivity contribution in [1.82, 2.24) is 24.9 Å². The van der Waals surface area contributed by atoms with Crippen molar-refractivity contribution >= 4 is 61.1 Å². The third-order valence-corrected chi connectivity index (χ3v) is 14.6. The number of amides is 3. The van der Waals surface area contributed by atoms with Crippen LogP contribution >= 0.6 is 11.3 Å². The van der Waals surface area contributed by atoms with E-state index in [-0.39, 0.29) is 42.4 Å². The van der Waals surface area contributed by atoms with Gasteiger partial charge in [0.1, 0.15) is 29.5 Å². The number of hydrogen-bond donors (Lipinski definition) is 4. The smallest absolute Gasteiger partial charge is 0.259 e. The topological polar surface area (TPSA) is 180 Å². The summed E-state index contributed by atoms with van der Waals surface area (Å²) in [5.41, 5.74) is -0.403. The number of nitrogens with zero attached hydrogens (tertiary/aromatic N) is 3. The number of fused-ring (bicyclic) bond motifs is 5. The molecule has 3 amide bonds. The Hall–Kier alpha value is -4.50. The monoisotopic (exact) mass is 788 g/mol. The first-order chi connectivity index (χ1) is 26.3. The van der Waals surface area contributed by atoms with Gasteiger partial charge in [0, 0.05) is 40.3 Å². The molecular formula is C40H48N6O7S2. The fraction of sp³-hybridized carbons (Fsp3) is 0.525. The number of rotatable bonds is 7. The van der Waals surface area contributed by atoms with Crippen LogP contribution in [0.5, 0.6) is 11.6 Å². The van der Waals surface area contributed by atoms with Crippen molar-refractivity contribution in [3.63, 3.8) is 0 Å². The number of aromatic hydroxyl groups is 1. The summed E-state index contributed by atoms with van der Waals surface area (Å²) in [4.78, 5) is 54.2. The van der Waals surface area contributed by atoms with Gasteiger partial charge < -0.3 is 25.4 Å². The van der Waals surface area contributed by atoms with E-state index >= 15 is 4.79 Å². The summed E-state index contributed by atoms with van der Waals surface area (Å²) in [5, 5.41) is 20.7. The quantitative estimate of drug-likeness (QED) is 0.234. The number of sulfonamides is 1. The molecule has 0 radical (unpaired) electrons. The molecule has 0 unspecified atom stereocenters. The molecule has 4 heterocycles. The first kappa shape index (κ1) is 37.4. The van der Waals surface area contributed by atoms with Crippen molar-refractivity contribution in [3.8, 4) is 11.6 Å². The van der Waals surface area contributed by atoms with Crippen LogP contribution in [0.4, 0.5) is 5.13 Å². The fourth-order valence-electron chi connectivity index (χ4n) is 8.37. The fourth-order valence-corrected chi connectivity index (χ4v) is 10.7. The number of anilines is 1. The van der Waals surface area contributed by atoms with Gasteiger partial charge in [0.05, 0.1) is 17.5 Å². The molecule has 1 aromatic carbocycles. The van der Waals surface area contributed by atoms with Gasteiger partial charge in [0.2, 0.25) is 27.7 Å². The van der Waals surface area contributed by atoms with Crippen molar-refractivity contribution in [2.75, 3.05) is 11.9 Å². The molecular weight excluding hydrogens is 741 g/mol. The van der Waals surface area contributed by atoms with Gasteiger partial charge in [-0.05, 0) is 68.0 Å². The van der Waals surface area contributed by atoms with E-state index in [1.165, 1.54) is 11.3 Å². The number of ether oxygens (including phenoxy) is 1. The number of thiazole rings is 1. The Morgan fingerprint density at radius 2 is 1.95 bits per heavy atom. The van der Waals surface area contributed by atoms with Crippen LogP contribution in [0.1, 0.15) is 89.3 Å². The summed E-state index contributed by atoms with van der Waals surface area (Å²) in [5.74, 6) is -1.69. The lowest BCUT2D eigenvalue weighted by atomic mass is 9.83. The Balaban J connectivity index is 1.17. The normalized spacial score (nSPS) is 28.7. The number of hydrogen-bond acceptors (Lipinski definition) is 11. The molecule has 13 nitrogen and oxygen atoms in total. The third kappa shape index (κ3) is 7.32. The number of phenolic OH excluding ortho intramolecular Hbond substituents is 1. The number of pyridine rings is 1. The van der Waals surface area contributed by atoms with Gasteiger partial charge in [-0.3, -0.25) is 19.1 Å². The van der Waals surface area contributed by atoms with Crippen molar-refractivity contribution in [2.24, 2.45) is 11.8 Å². The van der Waals surface area contributed by atoms with Crippen LogP contribution in [-0.2, 0) is 29.8 Å². The second kappa shape index (κ2) is 14.2. The predicted octanol–water partition coefficient (Wildman–Crippen LogP) is 5.17. The van der Waals surface area contributed by atoms with Crippen LogP contribution in [0.3, 0.4) is 0 Å². The zero-order chi connectivity index (χ0) is 38.7. The minimum atomic E-state index is -3.88. The van der Waals surface area contributed by atoms with Gasteiger partial charge in [-0.2, -0.15) is 0 Å². The molecule has 2 aliphatic heterocycles. The molecule has 292 valence electrons. The minimum absolute atomic E-state index is 0.00276. The lowest BCUT2D eigenvalue weighted by Crippen LogP contribution is -2.58. The number of nitrogens with one attached hydrogen (secondary N) is 3. The third-order valence-electron chi connectivity index (χ3n) is 12.0. The first-order valence-electron chi connectivity index (χ1n) is 19.3. The second-order valence-electron chi connectivity index (χ2n) is 16.5. The summed E-state index contributed by atoms with van der Waals surface area (Å²) in [6.07, 6.45) is 13.0. The molecule has 5 atom stereocenters. The average Bonchev–Trinajstić information content (AvgIpc) is 4.04. The number of allylic oxidation sites excluding steroid dienone is 1. The lowest BCUT2D eigenvalue weighted by molar-refractivity contribution is -0.141. The Morgan fingerprint density at radius 3 is 2.67 bits per heavy atom. The molecule has 4 fully saturated rings. The van der Waals surface area contributed by atoms with Gasteiger partial charge in [0.15, 0.2) is 5.13 Å². The van der Waals surface area contributed by atoms with Crippen LogP contribution in [0.15, 0.2) is 48.5 Å². The molecule has 0 spiro atoms. The summed E-state index contributed by atoms with van der Waals surface area (Å²) in [6.45, 7) is 8.10. The average molecular weight is 789 g/mol. The van der Waals surface area contributed by atoms with E-state index < -0.39 is 56.7 Å². The molecule has 1 saturated heterocycles. The SMILES string of the molecule is C=C[C@@H]1C[C@]1(NC(=O)[C@@H]1C[C@@H]2CN1C(=O)[C@H](C1CCCCC1)Nc1nc(cs1)C(C)(C)C/C=C/c1cc3c(nccc3cc1O)O2)C(=O)NS(=O)(=O)C1CC1. The number of benzene rings is 1. The highest BCUT2D eigenvalue weighted by molar-refractivity contribution is 7.91. The van der Waals surface area contributed by atoms with E-state index in [0.29, 0.717) is 46.6 Å². The molecule has 4 N–H and O–H groups in total. The van der Waals surface area contributed by atoms with Crippen molar-refractivity contribution in [3.05, 3.63) is 59.8 Å². The Bertz CT molecular complexity index is 2180. The summed E-state index contributed by atoms with van der Waals surface area (Å²) in [6, 6.07) is 3.57. The van der Waals surface area contributed by atoms with Gasteiger partial charge in [-0.15, -0.1) is 17.9 Å². The van der Waals surface area contributed by atoms with E-state index in [1.807, 2.05) is 23.6 Å². The molecule has 55 heavy (non-hydrogen) atoms. The molecule has 8 rings (SSSR count). The van der Waals surface area contributed by atoms with Crippen molar-refractivity contribution < 1.29 is 32.6 Å². The predicted molar refractivity (Wildman–Crippen MR) is 210 cm³/mol. The zero-order valence-electron chi connectivity index (χ0n) is 31.1. The van der Waals surface area contributed by atoms with Crippen molar-refractivity contribution in [2.45, 2.75) is 112 Å². The minimum Gasteiger partial charge on any atom is -0.507 e. The maximum absolute atomic E-state index is 15.0. The van der Waals surface area contributed by atoms with Gasteiger partial charge >= 0.3 is 0 Å². The van der Waals surface area contributed by atoms with E-state index in [2.05, 4.69) is 40.8 Å². The summed E-state index contributed by atoms with van der Waals surface area (Å²) >= 11 is 1.44. The number of carbonyl (C=O) groups excluding carboxylic acids is 3. The van der Waals surface area contributed by atoms with E-state index in [1.54, 1.807) is 29.3 Å². The Morgan fingerprint density at radius 1 is 1.16 bits per heavy atom. The highest BCUT2D eigenvalue weighted by atomic mass is 32.2. The highest BCUT2D eigenvalue weighted by Gasteiger charge is 2.62. The van der Waals surface area contributed by atoms with Crippen molar-refractivity contribution in [1.29, 1.82) is 0 Å². The van der Waals surface area contributed by atoms with Gasteiger partial charge in [0.25, 0.3) is 5.91 Å². The molecule has 2 aromatic heterocycles. The standard InChI is InChI=1S/C40H48N6O7S2/c1-4-26-20-40(26,37(50)45-55(51,52)28-12-13-28)44-34(48)30-19-27-21-46(30)36(49)33(23-9-6-5-7-10-23)43-38-42-32(22-54-38)39(2,3)15-8-11-25-17-29-24(18-31(25)47)14-16-41-35(29)53-27/h4,8,11,14,16-18,22-23,26-28,30,33,47H,1,5-7,9-10,12-13,15,19-21H2,2-3H3,(H,42,43)(H,44,48)(H,45,50)/b11-8+/t26-,27-,30+,33+,40-/m1/s1.